The second kappa shape index (κ2) is 4.71. The maximum absolute atomic E-state index is 11.4. The molecule has 1 aliphatic rings. The summed E-state index contributed by atoms with van der Waals surface area (Å²) in [5.41, 5.74) is 2.34. The summed E-state index contributed by atoms with van der Waals surface area (Å²) < 4.78 is 4.73. The van der Waals surface area contributed by atoms with Crippen LogP contribution in [0.15, 0.2) is 30.3 Å². The summed E-state index contributed by atoms with van der Waals surface area (Å²) >= 11 is 5.83. The van der Waals surface area contributed by atoms with Gasteiger partial charge in [0.25, 0.3) is 0 Å². The lowest BCUT2D eigenvalue weighted by Crippen LogP contribution is -2.10. The standard InChI is InChI=1S/C13H13ClO2/c1-16-13(15)11-3-2-10(8-11)9-4-6-12(14)7-5-9/h4-8,11H,2-3H2,1H3. The Balaban J connectivity index is 2.17. The van der Waals surface area contributed by atoms with Gasteiger partial charge in [-0.2, -0.15) is 0 Å². The Labute approximate surface area is 99.9 Å². The normalized spacial score (nSPS) is 19.4. The van der Waals surface area contributed by atoms with Crippen LogP contribution in [-0.4, -0.2) is 13.1 Å². The van der Waals surface area contributed by atoms with Crippen molar-refractivity contribution in [2.75, 3.05) is 7.11 Å². The third kappa shape index (κ3) is 2.27. The molecule has 0 radical (unpaired) electrons. The molecule has 0 heterocycles. The zero-order valence-electron chi connectivity index (χ0n) is 9.07. The highest BCUT2D eigenvalue weighted by Crippen LogP contribution is 2.32. The Bertz CT molecular complexity index is 420. The maximum Gasteiger partial charge on any atom is 0.312 e. The average molecular weight is 237 g/mol. The van der Waals surface area contributed by atoms with E-state index in [1.807, 2.05) is 30.3 Å². The Morgan fingerprint density at radius 1 is 1.38 bits per heavy atom. The number of ether oxygens (including phenoxy) is 1. The van der Waals surface area contributed by atoms with E-state index in [-0.39, 0.29) is 11.9 Å². The van der Waals surface area contributed by atoms with Crippen LogP contribution in [0.25, 0.3) is 5.57 Å². The zero-order valence-corrected chi connectivity index (χ0v) is 9.83. The Kier molecular flexibility index (Phi) is 3.30. The van der Waals surface area contributed by atoms with Crippen LogP contribution in [0.4, 0.5) is 0 Å². The van der Waals surface area contributed by atoms with Gasteiger partial charge in [0.1, 0.15) is 0 Å². The number of carbonyl (C=O) groups is 1. The number of esters is 1. The van der Waals surface area contributed by atoms with Crippen LogP contribution in [0, 0.1) is 5.92 Å². The van der Waals surface area contributed by atoms with Crippen molar-refractivity contribution in [2.45, 2.75) is 12.8 Å². The first-order valence-corrected chi connectivity index (χ1v) is 5.63. The highest BCUT2D eigenvalue weighted by Gasteiger charge is 2.23. The van der Waals surface area contributed by atoms with E-state index >= 15 is 0 Å². The van der Waals surface area contributed by atoms with Crippen LogP contribution in [0.2, 0.25) is 5.02 Å². The van der Waals surface area contributed by atoms with E-state index in [0.717, 1.165) is 23.4 Å². The lowest BCUT2D eigenvalue weighted by atomic mass is 10.1. The van der Waals surface area contributed by atoms with Crippen LogP contribution < -0.4 is 0 Å². The summed E-state index contributed by atoms with van der Waals surface area (Å²) in [7, 11) is 1.43. The van der Waals surface area contributed by atoms with E-state index in [1.54, 1.807) is 0 Å². The van der Waals surface area contributed by atoms with Crippen molar-refractivity contribution >= 4 is 23.1 Å². The molecule has 84 valence electrons. The van der Waals surface area contributed by atoms with Crippen LogP contribution in [0.3, 0.4) is 0 Å². The molecule has 2 nitrogen and oxygen atoms in total. The van der Waals surface area contributed by atoms with Gasteiger partial charge in [-0.05, 0) is 36.1 Å². The molecule has 1 aromatic carbocycles. The molecule has 0 fully saturated rings. The number of hydrogen-bond acceptors (Lipinski definition) is 2. The Morgan fingerprint density at radius 2 is 2.06 bits per heavy atom. The minimum absolute atomic E-state index is 0.0873. The predicted octanol–water partition coefficient (Wildman–Crippen LogP) is 3.31. The Morgan fingerprint density at radius 3 is 2.69 bits per heavy atom. The van der Waals surface area contributed by atoms with Crippen molar-refractivity contribution < 1.29 is 9.53 Å². The molecule has 1 atom stereocenters. The van der Waals surface area contributed by atoms with E-state index in [0.29, 0.717) is 0 Å². The molecule has 0 N–H and O–H groups in total. The van der Waals surface area contributed by atoms with Crippen molar-refractivity contribution in [2.24, 2.45) is 5.92 Å². The minimum atomic E-state index is -0.149. The van der Waals surface area contributed by atoms with E-state index in [4.69, 9.17) is 16.3 Å². The predicted molar refractivity (Wildman–Crippen MR) is 64.2 cm³/mol. The van der Waals surface area contributed by atoms with Gasteiger partial charge in [0.05, 0.1) is 13.0 Å². The number of halogens is 1. The van der Waals surface area contributed by atoms with Crippen LogP contribution in [-0.2, 0) is 9.53 Å². The summed E-state index contributed by atoms with van der Waals surface area (Å²) in [4.78, 5) is 11.4. The topological polar surface area (TPSA) is 26.3 Å². The molecule has 16 heavy (non-hydrogen) atoms. The minimum Gasteiger partial charge on any atom is -0.469 e. The van der Waals surface area contributed by atoms with Gasteiger partial charge < -0.3 is 4.74 Å². The number of rotatable bonds is 2. The third-order valence-electron chi connectivity index (χ3n) is 2.85. The van der Waals surface area contributed by atoms with Crippen LogP contribution >= 0.6 is 11.6 Å². The molecule has 0 aliphatic heterocycles. The quantitative estimate of drug-likeness (QED) is 0.737. The third-order valence-corrected chi connectivity index (χ3v) is 3.10. The number of hydrogen-bond donors (Lipinski definition) is 0. The van der Waals surface area contributed by atoms with Gasteiger partial charge >= 0.3 is 5.97 Å². The van der Waals surface area contributed by atoms with Crippen molar-refractivity contribution in [3.63, 3.8) is 0 Å². The van der Waals surface area contributed by atoms with Gasteiger partial charge in [-0.25, -0.2) is 0 Å². The zero-order chi connectivity index (χ0) is 11.5. The molecule has 0 saturated carbocycles. The number of benzene rings is 1. The smallest absolute Gasteiger partial charge is 0.312 e. The van der Waals surface area contributed by atoms with E-state index in [2.05, 4.69) is 0 Å². The largest absolute Gasteiger partial charge is 0.469 e. The lowest BCUT2D eigenvalue weighted by Gasteiger charge is -2.02. The molecule has 0 aromatic heterocycles. The van der Waals surface area contributed by atoms with E-state index in [1.165, 1.54) is 12.7 Å². The first kappa shape index (κ1) is 11.2. The van der Waals surface area contributed by atoms with E-state index in [9.17, 15) is 4.79 Å². The second-order valence-corrected chi connectivity index (χ2v) is 4.30. The van der Waals surface area contributed by atoms with E-state index < -0.39 is 0 Å². The number of carbonyl (C=O) groups excluding carboxylic acids is 1. The SMILES string of the molecule is COC(=O)C1C=C(c2ccc(Cl)cc2)CC1. The molecule has 2 rings (SSSR count). The number of methoxy groups -OCH3 is 1. The second-order valence-electron chi connectivity index (χ2n) is 3.87. The molecule has 1 unspecified atom stereocenters. The molecule has 0 amide bonds. The van der Waals surface area contributed by atoms with Crippen molar-refractivity contribution in [1.29, 1.82) is 0 Å². The van der Waals surface area contributed by atoms with Crippen molar-refractivity contribution in [3.8, 4) is 0 Å². The van der Waals surface area contributed by atoms with Gasteiger partial charge in [-0.1, -0.05) is 29.8 Å². The summed E-state index contributed by atoms with van der Waals surface area (Å²) in [6.07, 6.45) is 3.75. The van der Waals surface area contributed by atoms with Gasteiger partial charge in [-0.15, -0.1) is 0 Å². The fraction of sp³-hybridized carbons (Fsp3) is 0.308. The molecular weight excluding hydrogens is 224 g/mol. The summed E-state index contributed by atoms with van der Waals surface area (Å²) in [5, 5.41) is 0.729. The molecule has 3 heteroatoms. The first-order chi connectivity index (χ1) is 7.70. The van der Waals surface area contributed by atoms with Gasteiger partial charge in [-0.3, -0.25) is 4.79 Å². The number of allylic oxidation sites excluding steroid dienone is 1. The van der Waals surface area contributed by atoms with Gasteiger partial charge in [0.15, 0.2) is 0 Å². The van der Waals surface area contributed by atoms with Crippen molar-refractivity contribution in [1.82, 2.24) is 0 Å². The fourth-order valence-electron chi connectivity index (χ4n) is 1.96. The van der Waals surface area contributed by atoms with Gasteiger partial charge in [0, 0.05) is 5.02 Å². The highest BCUT2D eigenvalue weighted by atomic mass is 35.5. The lowest BCUT2D eigenvalue weighted by molar-refractivity contribution is -0.143. The van der Waals surface area contributed by atoms with Crippen molar-refractivity contribution in [3.05, 3.63) is 40.9 Å². The maximum atomic E-state index is 11.4. The summed E-state index contributed by atoms with van der Waals surface area (Å²) in [6.45, 7) is 0. The summed E-state index contributed by atoms with van der Waals surface area (Å²) in [5.74, 6) is -0.236. The monoisotopic (exact) mass is 236 g/mol. The molecule has 0 spiro atoms. The fourth-order valence-corrected chi connectivity index (χ4v) is 2.09. The molecule has 1 aromatic rings. The van der Waals surface area contributed by atoms with Crippen LogP contribution in [0.1, 0.15) is 18.4 Å². The average Bonchev–Trinajstić information content (AvgIpc) is 2.78. The van der Waals surface area contributed by atoms with Crippen LogP contribution in [0.5, 0.6) is 0 Å². The molecule has 0 bridgehead atoms. The molecule has 1 aliphatic carbocycles. The first-order valence-electron chi connectivity index (χ1n) is 5.25. The highest BCUT2D eigenvalue weighted by molar-refractivity contribution is 6.30. The molecule has 0 saturated heterocycles. The van der Waals surface area contributed by atoms with Gasteiger partial charge in [0.2, 0.25) is 0 Å². The Hall–Kier alpha value is -1.28. The molecular formula is C13H13ClO2. The summed E-state index contributed by atoms with van der Waals surface area (Å²) in [6, 6.07) is 7.69.